The summed E-state index contributed by atoms with van der Waals surface area (Å²) in [6.45, 7) is 8.92. The van der Waals surface area contributed by atoms with Gasteiger partial charge in [0.2, 0.25) is 0 Å². The van der Waals surface area contributed by atoms with Crippen molar-refractivity contribution in [2.75, 3.05) is 0 Å². The molecule has 1 N–H and O–H groups in total. The van der Waals surface area contributed by atoms with Gasteiger partial charge in [0.15, 0.2) is 0 Å². The van der Waals surface area contributed by atoms with Crippen LogP contribution in [0.25, 0.3) is 0 Å². The van der Waals surface area contributed by atoms with Gasteiger partial charge in [-0.3, -0.25) is 0 Å². The Balaban J connectivity index is 1.99. The van der Waals surface area contributed by atoms with Crippen LogP contribution < -0.4 is 0 Å². The minimum atomic E-state index is 0.475. The first kappa shape index (κ1) is 13.4. The molecule has 0 fully saturated rings. The highest BCUT2D eigenvalue weighted by Gasteiger charge is 2.18. The Labute approximate surface area is 121 Å². The molecule has 0 spiro atoms. The molecular formula is C18H24N2. The van der Waals surface area contributed by atoms with Gasteiger partial charge < -0.3 is 4.98 Å². The van der Waals surface area contributed by atoms with Gasteiger partial charge in [0.25, 0.3) is 0 Å². The van der Waals surface area contributed by atoms with Crippen LogP contribution in [-0.2, 0) is 19.3 Å². The van der Waals surface area contributed by atoms with Gasteiger partial charge in [0.05, 0.1) is 5.69 Å². The molecule has 1 heterocycles. The van der Waals surface area contributed by atoms with Crippen molar-refractivity contribution in [3.8, 4) is 0 Å². The van der Waals surface area contributed by atoms with E-state index in [0.717, 1.165) is 25.1 Å². The summed E-state index contributed by atoms with van der Waals surface area (Å²) in [6.07, 6.45) is 3.18. The number of fused-ring (bicyclic) bond motifs is 2. The van der Waals surface area contributed by atoms with Crippen LogP contribution in [0.4, 0.5) is 0 Å². The van der Waals surface area contributed by atoms with Crippen molar-refractivity contribution in [1.29, 1.82) is 0 Å². The first-order valence-electron chi connectivity index (χ1n) is 7.74. The van der Waals surface area contributed by atoms with Gasteiger partial charge in [-0.05, 0) is 35.4 Å². The molecule has 1 aromatic carbocycles. The fourth-order valence-electron chi connectivity index (χ4n) is 2.95. The van der Waals surface area contributed by atoms with Crippen molar-refractivity contribution in [1.82, 2.24) is 9.97 Å². The van der Waals surface area contributed by atoms with E-state index in [1.165, 1.54) is 28.1 Å². The lowest BCUT2D eigenvalue weighted by Gasteiger charge is -2.11. The van der Waals surface area contributed by atoms with E-state index in [2.05, 4.69) is 50.9 Å². The molecule has 2 aromatic rings. The standard InChI is InChI=1S/C18H24N2/c1-11(2)14-6-5-13-7-8-16-17(10-15(13)9-14)20-18(19-16)12(3)4/h5-6,9,11-12H,7-8,10H2,1-4H3,(H,19,20). The molecule has 0 saturated carbocycles. The molecule has 20 heavy (non-hydrogen) atoms. The van der Waals surface area contributed by atoms with Gasteiger partial charge in [-0.15, -0.1) is 0 Å². The fraction of sp³-hybridized carbons (Fsp3) is 0.500. The number of aryl methyl sites for hydroxylation is 2. The van der Waals surface area contributed by atoms with Crippen molar-refractivity contribution in [3.05, 3.63) is 52.1 Å². The zero-order chi connectivity index (χ0) is 14.3. The van der Waals surface area contributed by atoms with Crippen LogP contribution in [0.15, 0.2) is 18.2 Å². The third-order valence-corrected chi connectivity index (χ3v) is 4.32. The number of aromatic nitrogens is 2. The molecule has 106 valence electrons. The lowest BCUT2D eigenvalue weighted by molar-refractivity contribution is 0.781. The quantitative estimate of drug-likeness (QED) is 0.862. The lowest BCUT2D eigenvalue weighted by Crippen LogP contribution is -1.98. The molecule has 1 aliphatic rings. The average Bonchev–Trinajstić information content (AvgIpc) is 2.73. The molecule has 2 nitrogen and oxygen atoms in total. The van der Waals surface area contributed by atoms with E-state index in [-0.39, 0.29) is 0 Å². The van der Waals surface area contributed by atoms with Crippen LogP contribution in [0.5, 0.6) is 0 Å². The molecule has 0 unspecified atom stereocenters. The highest BCUT2D eigenvalue weighted by Crippen LogP contribution is 2.27. The fourth-order valence-corrected chi connectivity index (χ4v) is 2.95. The summed E-state index contributed by atoms with van der Waals surface area (Å²) in [5.41, 5.74) is 7.01. The first-order chi connectivity index (χ1) is 9.54. The molecule has 0 bridgehead atoms. The van der Waals surface area contributed by atoms with Gasteiger partial charge in [0.1, 0.15) is 5.82 Å². The maximum Gasteiger partial charge on any atom is 0.109 e. The van der Waals surface area contributed by atoms with Crippen molar-refractivity contribution in [3.63, 3.8) is 0 Å². The second-order valence-electron chi connectivity index (χ2n) is 6.56. The van der Waals surface area contributed by atoms with Crippen molar-refractivity contribution in [2.45, 2.75) is 58.8 Å². The summed E-state index contributed by atoms with van der Waals surface area (Å²) in [7, 11) is 0. The zero-order valence-electron chi connectivity index (χ0n) is 13.0. The molecular weight excluding hydrogens is 244 g/mol. The Bertz CT molecular complexity index is 620. The van der Waals surface area contributed by atoms with Crippen LogP contribution in [0.2, 0.25) is 0 Å². The van der Waals surface area contributed by atoms with Crippen molar-refractivity contribution >= 4 is 0 Å². The van der Waals surface area contributed by atoms with E-state index in [4.69, 9.17) is 4.98 Å². The number of aromatic amines is 1. The monoisotopic (exact) mass is 268 g/mol. The Hall–Kier alpha value is -1.57. The predicted molar refractivity (Wildman–Crippen MR) is 83.4 cm³/mol. The number of benzene rings is 1. The van der Waals surface area contributed by atoms with Crippen LogP contribution >= 0.6 is 0 Å². The van der Waals surface area contributed by atoms with Crippen molar-refractivity contribution in [2.24, 2.45) is 0 Å². The van der Waals surface area contributed by atoms with Crippen molar-refractivity contribution < 1.29 is 0 Å². The topological polar surface area (TPSA) is 28.7 Å². The smallest absolute Gasteiger partial charge is 0.109 e. The Morgan fingerprint density at radius 1 is 1.00 bits per heavy atom. The number of nitrogens with one attached hydrogen (secondary N) is 1. The highest BCUT2D eigenvalue weighted by atomic mass is 14.9. The van der Waals surface area contributed by atoms with Crippen LogP contribution in [-0.4, -0.2) is 9.97 Å². The van der Waals surface area contributed by atoms with Crippen LogP contribution in [0, 0.1) is 0 Å². The normalized spacial score (nSPS) is 14.3. The van der Waals surface area contributed by atoms with Gasteiger partial charge in [0, 0.05) is 18.0 Å². The minimum Gasteiger partial charge on any atom is -0.345 e. The van der Waals surface area contributed by atoms with Gasteiger partial charge in [-0.25, -0.2) is 4.98 Å². The summed E-state index contributed by atoms with van der Waals surface area (Å²) in [4.78, 5) is 8.35. The Morgan fingerprint density at radius 3 is 2.50 bits per heavy atom. The van der Waals surface area contributed by atoms with E-state index in [1.54, 1.807) is 0 Å². The van der Waals surface area contributed by atoms with Gasteiger partial charge in [-0.2, -0.15) is 0 Å². The molecule has 2 heteroatoms. The molecule has 0 radical (unpaired) electrons. The SMILES string of the molecule is CC(C)c1ccc2c(c1)Cc1[nH]c(C(C)C)nc1CC2. The second kappa shape index (κ2) is 5.08. The lowest BCUT2D eigenvalue weighted by atomic mass is 9.95. The minimum absolute atomic E-state index is 0.475. The Morgan fingerprint density at radius 2 is 1.80 bits per heavy atom. The maximum atomic E-state index is 4.80. The van der Waals surface area contributed by atoms with E-state index in [9.17, 15) is 0 Å². The molecule has 0 saturated heterocycles. The number of H-pyrrole nitrogens is 1. The number of hydrogen-bond acceptors (Lipinski definition) is 1. The van der Waals surface area contributed by atoms with E-state index < -0.39 is 0 Å². The summed E-state index contributed by atoms with van der Waals surface area (Å²) in [5.74, 6) is 2.21. The summed E-state index contributed by atoms with van der Waals surface area (Å²) >= 11 is 0. The van der Waals surface area contributed by atoms with E-state index in [1.807, 2.05) is 0 Å². The predicted octanol–water partition coefficient (Wildman–Crippen LogP) is 4.35. The summed E-state index contributed by atoms with van der Waals surface area (Å²) in [5, 5.41) is 0. The van der Waals surface area contributed by atoms with Crippen LogP contribution in [0.3, 0.4) is 0 Å². The molecule has 1 aliphatic carbocycles. The molecule has 0 amide bonds. The van der Waals surface area contributed by atoms with E-state index >= 15 is 0 Å². The number of hydrogen-bond donors (Lipinski definition) is 1. The number of rotatable bonds is 2. The molecule has 0 atom stereocenters. The van der Waals surface area contributed by atoms with Gasteiger partial charge in [-0.1, -0.05) is 45.9 Å². The summed E-state index contributed by atoms with van der Waals surface area (Å²) < 4.78 is 0. The third kappa shape index (κ3) is 2.39. The van der Waals surface area contributed by atoms with Crippen LogP contribution in [0.1, 0.15) is 73.4 Å². The zero-order valence-corrected chi connectivity index (χ0v) is 13.0. The first-order valence-corrected chi connectivity index (χ1v) is 7.74. The highest BCUT2D eigenvalue weighted by molar-refractivity contribution is 5.39. The van der Waals surface area contributed by atoms with Gasteiger partial charge >= 0.3 is 0 Å². The summed E-state index contributed by atoms with van der Waals surface area (Å²) in [6, 6.07) is 7.00. The van der Waals surface area contributed by atoms with E-state index in [0.29, 0.717) is 11.8 Å². The number of nitrogens with zero attached hydrogens (tertiary/aromatic N) is 1. The number of imidazole rings is 1. The Kier molecular flexibility index (Phi) is 3.41. The second-order valence-corrected chi connectivity index (χ2v) is 6.56. The molecule has 1 aromatic heterocycles. The molecule has 3 rings (SSSR count). The molecule has 0 aliphatic heterocycles. The maximum absolute atomic E-state index is 4.80. The largest absolute Gasteiger partial charge is 0.345 e. The third-order valence-electron chi connectivity index (χ3n) is 4.32. The average molecular weight is 268 g/mol.